The zero-order valence-corrected chi connectivity index (χ0v) is 13.0. The molecule has 8 nitrogen and oxygen atoms in total. The summed E-state index contributed by atoms with van der Waals surface area (Å²) in [5.74, 6) is 1.33. The summed E-state index contributed by atoms with van der Waals surface area (Å²) in [5, 5.41) is 9.34. The predicted octanol–water partition coefficient (Wildman–Crippen LogP) is 1.28. The van der Waals surface area contributed by atoms with E-state index in [0.29, 0.717) is 22.8 Å². The van der Waals surface area contributed by atoms with Crippen molar-refractivity contribution >= 4 is 5.95 Å². The second kappa shape index (κ2) is 7.29. The number of H-pyrrole nitrogens is 1. The minimum absolute atomic E-state index is 0.232. The highest BCUT2D eigenvalue weighted by molar-refractivity contribution is 5.45. The van der Waals surface area contributed by atoms with Crippen LogP contribution >= 0.6 is 0 Å². The van der Waals surface area contributed by atoms with E-state index in [1.54, 1.807) is 32.2 Å². The largest absolute Gasteiger partial charge is 0.493 e. The molecule has 0 saturated heterocycles. The molecule has 0 fully saturated rings. The Morgan fingerprint density at radius 1 is 1.26 bits per heavy atom. The van der Waals surface area contributed by atoms with Crippen molar-refractivity contribution in [1.29, 1.82) is 5.26 Å². The maximum absolute atomic E-state index is 11.4. The van der Waals surface area contributed by atoms with Crippen LogP contribution in [-0.2, 0) is 0 Å². The van der Waals surface area contributed by atoms with E-state index in [1.165, 1.54) is 13.2 Å². The molecule has 0 amide bonds. The van der Waals surface area contributed by atoms with E-state index in [4.69, 9.17) is 9.47 Å². The number of aryl methyl sites for hydroxylation is 1. The van der Waals surface area contributed by atoms with Crippen LogP contribution in [-0.4, -0.2) is 24.2 Å². The van der Waals surface area contributed by atoms with Gasteiger partial charge in [0.2, 0.25) is 5.95 Å². The first-order chi connectivity index (χ1) is 11.1. The Kier molecular flexibility index (Phi) is 5.17. The first-order valence-electron chi connectivity index (χ1n) is 6.78. The van der Waals surface area contributed by atoms with Gasteiger partial charge in [-0.1, -0.05) is 6.07 Å². The second-order valence-corrected chi connectivity index (χ2v) is 4.68. The molecular formula is C15H17N5O3. The number of nitrogens with zero attached hydrogens (tertiary/aromatic N) is 2. The Labute approximate surface area is 133 Å². The van der Waals surface area contributed by atoms with Crippen LogP contribution < -0.4 is 25.9 Å². The molecule has 8 heteroatoms. The Morgan fingerprint density at radius 3 is 2.61 bits per heavy atom. The maximum atomic E-state index is 11.4. The van der Waals surface area contributed by atoms with Gasteiger partial charge in [-0.2, -0.15) is 5.26 Å². The molecule has 1 heterocycles. The summed E-state index contributed by atoms with van der Waals surface area (Å²) in [6.07, 6.45) is 0. The molecule has 2 rings (SSSR count). The lowest BCUT2D eigenvalue weighted by atomic mass is 10.1. The summed E-state index contributed by atoms with van der Waals surface area (Å²) < 4.78 is 10.4. The number of benzene rings is 1. The topological polar surface area (TPSA) is 112 Å². The van der Waals surface area contributed by atoms with Gasteiger partial charge in [-0.25, -0.2) is 10.4 Å². The van der Waals surface area contributed by atoms with Crippen molar-refractivity contribution in [2.45, 2.75) is 13.0 Å². The number of aromatic nitrogens is 2. The first-order valence-corrected chi connectivity index (χ1v) is 6.78. The molecule has 0 aliphatic carbocycles. The van der Waals surface area contributed by atoms with Gasteiger partial charge in [-0.15, -0.1) is 0 Å². The zero-order valence-electron chi connectivity index (χ0n) is 13.0. The van der Waals surface area contributed by atoms with Crippen LogP contribution in [0.1, 0.15) is 17.3 Å². The maximum Gasteiger partial charge on any atom is 0.252 e. The molecule has 0 radical (unpaired) electrons. The van der Waals surface area contributed by atoms with E-state index in [-0.39, 0.29) is 11.5 Å². The molecule has 0 bridgehead atoms. The molecule has 0 spiro atoms. The van der Waals surface area contributed by atoms with Crippen LogP contribution in [0.3, 0.4) is 0 Å². The molecule has 1 aromatic heterocycles. The van der Waals surface area contributed by atoms with Crippen molar-refractivity contribution in [3.05, 3.63) is 45.9 Å². The van der Waals surface area contributed by atoms with Crippen molar-refractivity contribution in [3.8, 4) is 17.6 Å². The highest BCUT2D eigenvalue weighted by Gasteiger charge is 2.14. The molecule has 0 aliphatic heterocycles. The number of methoxy groups -OCH3 is 2. The van der Waals surface area contributed by atoms with Crippen molar-refractivity contribution < 1.29 is 9.47 Å². The van der Waals surface area contributed by atoms with Crippen LogP contribution in [0, 0.1) is 18.3 Å². The smallest absolute Gasteiger partial charge is 0.252 e. The normalized spacial score (nSPS) is 11.4. The van der Waals surface area contributed by atoms with E-state index in [0.717, 1.165) is 0 Å². The Hall–Kier alpha value is -3.05. The van der Waals surface area contributed by atoms with Crippen molar-refractivity contribution in [1.82, 2.24) is 15.4 Å². The third-order valence-corrected chi connectivity index (χ3v) is 3.07. The number of anilines is 1. The summed E-state index contributed by atoms with van der Waals surface area (Å²) in [5.41, 5.74) is 6.50. The van der Waals surface area contributed by atoms with Gasteiger partial charge in [0.25, 0.3) is 5.56 Å². The average molecular weight is 315 g/mol. The molecule has 2 aromatic rings. The monoisotopic (exact) mass is 315 g/mol. The Balaban J connectivity index is 2.17. The van der Waals surface area contributed by atoms with Gasteiger partial charge in [-0.05, 0) is 24.6 Å². The first kappa shape index (κ1) is 16.3. The summed E-state index contributed by atoms with van der Waals surface area (Å²) >= 11 is 0. The molecule has 1 aromatic carbocycles. The van der Waals surface area contributed by atoms with E-state index >= 15 is 0 Å². The lowest BCUT2D eigenvalue weighted by Crippen LogP contribution is -2.28. The quantitative estimate of drug-likeness (QED) is 0.688. The lowest BCUT2D eigenvalue weighted by Gasteiger charge is -2.15. The summed E-state index contributed by atoms with van der Waals surface area (Å²) in [6.45, 7) is 1.70. The van der Waals surface area contributed by atoms with Gasteiger partial charge < -0.3 is 9.47 Å². The molecule has 1 atom stereocenters. The number of rotatable bonds is 6. The van der Waals surface area contributed by atoms with Crippen LogP contribution in [0.5, 0.6) is 11.5 Å². The van der Waals surface area contributed by atoms with Crippen LogP contribution in [0.2, 0.25) is 0 Å². The number of hydrazine groups is 1. The highest BCUT2D eigenvalue weighted by Crippen LogP contribution is 2.29. The van der Waals surface area contributed by atoms with Gasteiger partial charge in [0, 0.05) is 11.8 Å². The van der Waals surface area contributed by atoms with E-state index < -0.39 is 6.04 Å². The number of aromatic amines is 1. The molecule has 0 aliphatic rings. The molecule has 0 saturated carbocycles. The van der Waals surface area contributed by atoms with Gasteiger partial charge in [0.15, 0.2) is 11.5 Å². The Morgan fingerprint density at radius 2 is 2.00 bits per heavy atom. The molecule has 3 N–H and O–H groups in total. The number of hydrogen-bond acceptors (Lipinski definition) is 7. The number of nitriles is 1. The van der Waals surface area contributed by atoms with E-state index in [1.807, 2.05) is 0 Å². The summed E-state index contributed by atoms with van der Waals surface area (Å²) in [6, 6.07) is 7.98. The summed E-state index contributed by atoms with van der Waals surface area (Å²) in [7, 11) is 3.06. The van der Waals surface area contributed by atoms with Crippen LogP contribution in [0.15, 0.2) is 29.1 Å². The minimum Gasteiger partial charge on any atom is -0.493 e. The second-order valence-electron chi connectivity index (χ2n) is 4.68. The van der Waals surface area contributed by atoms with E-state index in [9.17, 15) is 10.1 Å². The lowest BCUT2D eigenvalue weighted by molar-refractivity contribution is 0.354. The average Bonchev–Trinajstić information content (AvgIpc) is 2.54. The third kappa shape index (κ3) is 3.99. The Bertz CT molecular complexity index is 781. The van der Waals surface area contributed by atoms with Crippen molar-refractivity contribution in [3.63, 3.8) is 0 Å². The SMILES string of the molecule is COc1ccc([C@@H](C#N)NNc2nc(C)cc(=O)[nH]2)cc1OC. The zero-order chi connectivity index (χ0) is 16.8. The third-order valence-electron chi connectivity index (χ3n) is 3.07. The van der Waals surface area contributed by atoms with Gasteiger partial charge in [0.05, 0.1) is 20.3 Å². The van der Waals surface area contributed by atoms with Crippen molar-refractivity contribution in [2.24, 2.45) is 0 Å². The van der Waals surface area contributed by atoms with Gasteiger partial charge in [0.1, 0.15) is 6.04 Å². The number of nitrogens with one attached hydrogen (secondary N) is 3. The van der Waals surface area contributed by atoms with Crippen molar-refractivity contribution in [2.75, 3.05) is 19.6 Å². The highest BCUT2D eigenvalue weighted by atomic mass is 16.5. The number of ether oxygens (including phenoxy) is 2. The number of hydrogen-bond donors (Lipinski definition) is 3. The fourth-order valence-electron chi connectivity index (χ4n) is 2.00. The minimum atomic E-state index is -0.680. The molecule has 120 valence electrons. The summed E-state index contributed by atoms with van der Waals surface area (Å²) in [4.78, 5) is 18.0. The predicted molar refractivity (Wildman–Crippen MR) is 84.3 cm³/mol. The fourth-order valence-corrected chi connectivity index (χ4v) is 2.00. The van der Waals surface area contributed by atoms with E-state index in [2.05, 4.69) is 26.9 Å². The standard InChI is InChI=1S/C15H17N5O3/c1-9-6-14(21)18-15(17-9)20-19-11(8-16)10-4-5-12(22-2)13(7-10)23-3/h4-7,11,19H,1-3H3,(H2,17,18,20,21)/t11-/m1/s1. The molecular weight excluding hydrogens is 298 g/mol. The fraction of sp³-hybridized carbons (Fsp3) is 0.267. The van der Waals surface area contributed by atoms with Crippen LogP contribution in [0.25, 0.3) is 0 Å². The molecule has 0 unspecified atom stereocenters. The van der Waals surface area contributed by atoms with Gasteiger partial charge in [-0.3, -0.25) is 15.2 Å². The van der Waals surface area contributed by atoms with Crippen LogP contribution in [0.4, 0.5) is 5.95 Å². The molecule has 23 heavy (non-hydrogen) atoms. The van der Waals surface area contributed by atoms with Gasteiger partial charge >= 0.3 is 0 Å².